The number of hydrogen-bond donors (Lipinski definition) is 2. The molecule has 0 saturated carbocycles. The van der Waals surface area contributed by atoms with Gasteiger partial charge in [-0.3, -0.25) is 4.79 Å². The SMILES string of the molecule is CC(CC(O)c1ccc(F)cc1)NC(=O)c1ccc2c(c1)CCO2. The number of amides is 1. The van der Waals surface area contributed by atoms with E-state index < -0.39 is 6.10 Å². The van der Waals surface area contributed by atoms with Crippen LogP contribution in [-0.4, -0.2) is 23.7 Å². The second-order valence-electron chi connectivity index (χ2n) is 6.10. The highest BCUT2D eigenvalue weighted by atomic mass is 19.1. The molecule has 1 aliphatic heterocycles. The first-order valence-electron chi connectivity index (χ1n) is 8.03. The van der Waals surface area contributed by atoms with Crippen LogP contribution in [0, 0.1) is 5.82 Å². The van der Waals surface area contributed by atoms with Crippen LogP contribution in [0.4, 0.5) is 4.39 Å². The summed E-state index contributed by atoms with van der Waals surface area (Å²) in [6.45, 7) is 2.49. The third-order valence-electron chi connectivity index (χ3n) is 4.16. The number of aliphatic hydroxyl groups is 1. The third-order valence-corrected chi connectivity index (χ3v) is 4.16. The molecule has 4 nitrogen and oxygen atoms in total. The second kappa shape index (κ2) is 7.01. The van der Waals surface area contributed by atoms with Crippen molar-refractivity contribution in [1.82, 2.24) is 5.32 Å². The molecule has 1 amide bonds. The van der Waals surface area contributed by atoms with Crippen molar-refractivity contribution in [2.24, 2.45) is 0 Å². The predicted molar refractivity (Wildman–Crippen MR) is 88.5 cm³/mol. The molecule has 126 valence electrons. The van der Waals surface area contributed by atoms with Gasteiger partial charge in [0, 0.05) is 18.0 Å². The van der Waals surface area contributed by atoms with Gasteiger partial charge < -0.3 is 15.2 Å². The van der Waals surface area contributed by atoms with Crippen molar-refractivity contribution in [3.63, 3.8) is 0 Å². The first-order valence-corrected chi connectivity index (χ1v) is 8.03. The van der Waals surface area contributed by atoms with Crippen LogP contribution in [0.25, 0.3) is 0 Å². The molecule has 5 heteroatoms. The molecule has 2 unspecified atom stereocenters. The summed E-state index contributed by atoms with van der Waals surface area (Å²) in [6.07, 6.45) is 0.412. The van der Waals surface area contributed by atoms with E-state index in [0.29, 0.717) is 24.2 Å². The summed E-state index contributed by atoms with van der Waals surface area (Å²) in [7, 11) is 0. The van der Waals surface area contributed by atoms with Gasteiger partial charge >= 0.3 is 0 Å². The second-order valence-corrected chi connectivity index (χ2v) is 6.10. The molecule has 3 rings (SSSR count). The topological polar surface area (TPSA) is 58.6 Å². The average Bonchev–Trinajstić information content (AvgIpc) is 3.02. The van der Waals surface area contributed by atoms with Crippen molar-refractivity contribution in [2.75, 3.05) is 6.61 Å². The monoisotopic (exact) mass is 329 g/mol. The Morgan fingerprint density at radius 3 is 2.79 bits per heavy atom. The van der Waals surface area contributed by atoms with Crippen LogP contribution in [0.5, 0.6) is 5.75 Å². The smallest absolute Gasteiger partial charge is 0.251 e. The Bertz CT molecular complexity index is 730. The first kappa shape index (κ1) is 16.5. The minimum Gasteiger partial charge on any atom is -0.493 e. The van der Waals surface area contributed by atoms with Crippen LogP contribution in [-0.2, 0) is 6.42 Å². The van der Waals surface area contributed by atoms with Gasteiger partial charge in [-0.15, -0.1) is 0 Å². The standard InChI is InChI=1S/C19H20FNO3/c1-12(10-17(22)13-2-5-16(20)6-3-13)21-19(23)15-4-7-18-14(11-15)8-9-24-18/h2-7,11-12,17,22H,8-10H2,1H3,(H,21,23). The number of carbonyl (C=O) groups is 1. The van der Waals surface area contributed by atoms with Gasteiger partial charge in [0.1, 0.15) is 11.6 Å². The van der Waals surface area contributed by atoms with Crippen LogP contribution < -0.4 is 10.1 Å². The molecule has 2 atom stereocenters. The molecule has 2 N–H and O–H groups in total. The maximum absolute atomic E-state index is 12.9. The fraction of sp³-hybridized carbons (Fsp3) is 0.316. The first-order chi connectivity index (χ1) is 11.5. The minimum atomic E-state index is -0.755. The number of halogens is 1. The Hall–Kier alpha value is -2.40. The van der Waals surface area contributed by atoms with Gasteiger partial charge in [-0.05, 0) is 54.8 Å². The van der Waals surface area contributed by atoms with E-state index >= 15 is 0 Å². The zero-order valence-electron chi connectivity index (χ0n) is 13.5. The lowest BCUT2D eigenvalue weighted by Crippen LogP contribution is -2.33. The Morgan fingerprint density at radius 1 is 1.29 bits per heavy atom. The van der Waals surface area contributed by atoms with Crippen molar-refractivity contribution in [2.45, 2.75) is 31.9 Å². The summed E-state index contributed by atoms with van der Waals surface area (Å²) >= 11 is 0. The summed E-state index contributed by atoms with van der Waals surface area (Å²) in [5, 5.41) is 13.1. The lowest BCUT2D eigenvalue weighted by Gasteiger charge is -2.18. The lowest BCUT2D eigenvalue weighted by molar-refractivity contribution is 0.0917. The van der Waals surface area contributed by atoms with E-state index in [2.05, 4.69) is 5.32 Å². The molecular weight excluding hydrogens is 309 g/mol. The number of benzene rings is 2. The van der Waals surface area contributed by atoms with Crippen molar-refractivity contribution in [1.29, 1.82) is 0 Å². The minimum absolute atomic E-state index is 0.177. The van der Waals surface area contributed by atoms with Gasteiger partial charge in [0.25, 0.3) is 5.91 Å². The van der Waals surface area contributed by atoms with Crippen molar-refractivity contribution in [3.05, 3.63) is 65.0 Å². The number of aliphatic hydroxyl groups excluding tert-OH is 1. The molecular formula is C19H20FNO3. The number of carbonyl (C=O) groups excluding carboxylic acids is 1. The maximum atomic E-state index is 12.9. The summed E-state index contributed by atoms with van der Waals surface area (Å²) in [6, 6.07) is 10.9. The Balaban J connectivity index is 1.58. The van der Waals surface area contributed by atoms with Crippen LogP contribution >= 0.6 is 0 Å². The van der Waals surface area contributed by atoms with Gasteiger partial charge in [-0.2, -0.15) is 0 Å². The zero-order valence-corrected chi connectivity index (χ0v) is 13.5. The fourth-order valence-electron chi connectivity index (χ4n) is 2.85. The number of fused-ring (bicyclic) bond motifs is 1. The molecule has 0 fully saturated rings. The number of nitrogens with one attached hydrogen (secondary N) is 1. The lowest BCUT2D eigenvalue weighted by atomic mass is 10.0. The third kappa shape index (κ3) is 3.74. The highest BCUT2D eigenvalue weighted by Crippen LogP contribution is 2.26. The largest absolute Gasteiger partial charge is 0.493 e. The number of rotatable bonds is 5. The molecule has 24 heavy (non-hydrogen) atoms. The molecule has 2 aromatic carbocycles. The van der Waals surface area contributed by atoms with Crippen LogP contribution in [0.2, 0.25) is 0 Å². The highest BCUT2D eigenvalue weighted by molar-refractivity contribution is 5.94. The van der Waals surface area contributed by atoms with Crippen LogP contribution in [0.1, 0.15) is 40.9 Å². The van der Waals surface area contributed by atoms with Gasteiger partial charge in [-0.1, -0.05) is 12.1 Å². The van der Waals surface area contributed by atoms with E-state index in [1.807, 2.05) is 19.1 Å². The van der Waals surface area contributed by atoms with Gasteiger partial charge in [0.05, 0.1) is 12.7 Å². The molecule has 1 heterocycles. The van der Waals surface area contributed by atoms with Gasteiger partial charge in [0.2, 0.25) is 0 Å². The number of ether oxygens (including phenoxy) is 1. The Kier molecular flexibility index (Phi) is 4.81. The normalized spacial score (nSPS) is 15.3. The molecule has 0 aliphatic carbocycles. The Morgan fingerprint density at radius 2 is 2.04 bits per heavy atom. The predicted octanol–water partition coefficient (Wildman–Crippen LogP) is 3.00. The number of hydrogen-bond acceptors (Lipinski definition) is 3. The van der Waals surface area contributed by atoms with E-state index in [9.17, 15) is 14.3 Å². The zero-order chi connectivity index (χ0) is 17.1. The van der Waals surface area contributed by atoms with E-state index in [0.717, 1.165) is 17.7 Å². The highest BCUT2D eigenvalue weighted by Gasteiger charge is 2.18. The summed E-state index contributed by atoms with van der Waals surface area (Å²) in [5.41, 5.74) is 2.26. The molecule has 1 aliphatic rings. The quantitative estimate of drug-likeness (QED) is 0.886. The molecule has 0 radical (unpaired) electrons. The van der Waals surface area contributed by atoms with E-state index in [1.54, 1.807) is 18.2 Å². The van der Waals surface area contributed by atoms with Crippen molar-refractivity contribution in [3.8, 4) is 5.75 Å². The summed E-state index contributed by atoms with van der Waals surface area (Å²) < 4.78 is 18.4. The van der Waals surface area contributed by atoms with Crippen molar-refractivity contribution < 1.29 is 19.0 Å². The average molecular weight is 329 g/mol. The van der Waals surface area contributed by atoms with Crippen LogP contribution in [0.15, 0.2) is 42.5 Å². The maximum Gasteiger partial charge on any atom is 0.251 e. The van der Waals surface area contributed by atoms with Gasteiger partial charge in [-0.25, -0.2) is 4.39 Å². The van der Waals surface area contributed by atoms with E-state index in [-0.39, 0.29) is 17.8 Å². The van der Waals surface area contributed by atoms with Gasteiger partial charge in [0.15, 0.2) is 0 Å². The van der Waals surface area contributed by atoms with E-state index in [1.165, 1.54) is 12.1 Å². The van der Waals surface area contributed by atoms with Crippen molar-refractivity contribution >= 4 is 5.91 Å². The molecule has 0 aromatic heterocycles. The molecule has 0 bridgehead atoms. The van der Waals surface area contributed by atoms with Crippen LogP contribution in [0.3, 0.4) is 0 Å². The summed E-state index contributed by atoms with van der Waals surface area (Å²) in [4.78, 5) is 12.3. The van der Waals surface area contributed by atoms with E-state index in [4.69, 9.17) is 4.74 Å². The fourth-order valence-corrected chi connectivity index (χ4v) is 2.85. The Labute approximate surface area is 140 Å². The molecule has 0 spiro atoms. The summed E-state index contributed by atoms with van der Waals surface area (Å²) in [5.74, 6) is 0.322. The molecule has 2 aromatic rings. The molecule has 0 saturated heterocycles.